The summed E-state index contributed by atoms with van der Waals surface area (Å²) in [7, 11) is 0. The van der Waals surface area contributed by atoms with Gasteiger partial charge in [0.15, 0.2) is 0 Å². The normalized spacial score (nSPS) is 10.5. The molecule has 0 aliphatic carbocycles. The number of thiophene rings is 1. The van der Waals surface area contributed by atoms with Gasteiger partial charge in [0.1, 0.15) is 5.69 Å². The van der Waals surface area contributed by atoms with Crippen LogP contribution in [0.5, 0.6) is 0 Å². The van der Waals surface area contributed by atoms with Crippen molar-refractivity contribution in [2.24, 2.45) is 0 Å². The number of benzene rings is 1. The van der Waals surface area contributed by atoms with Crippen molar-refractivity contribution in [3.8, 4) is 0 Å². The molecular weight excluding hydrogens is 260 g/mol. The van der Waals surface area contributed by atoms with Crippen molar-refractivity contribution in [2.75, 3.05) is 5.32 Å². The molecule has 1 aromatic carbocycles. The fourth-order valence-corrected chi connectivity index (χ4v) is 2.94. The van der Waals surface area contributed by atoms with Gasteiger partial charge in [0.25, 0.3) is 5.69 Å². The first kappa shape index (κ1) is 13.5. The largest absolute Gasteiger partial charge is 0.375 e. The van der Waals surface area contributed by atoms with Crippen LogP contribution in [-0.4, -0.2) is 4.92 Å². The second-order valence-corrected chi connectivity index (χ2v) is 6.03. The molecule has 0 amide bonds. The number of nitro groups is 1. The minimum atomic E-state index is -0.346. The first-order valence-electron chi connectivity index (χ1n) is 6.02. The van der Waals surface area contributed by atoms with Crippen molar-refractivity contribution >= 4 is 22.7 Å². The van der Waals surface area contributed by atoms with Crippen molar-refractivity contribution in [3.63, 3.8) is 0 Å². The number of nitrogens with one attached hydrogen (secondary N) is 1. The van der Waals surface area contributed by atoms with Crippen LogP contribution in [0.15, 0.2) is 24.3 Å². The fraction of sp³-hybridized carbons (Fsp3) is 0.286. The summed E-state index contributed by atoms with van der Waals surface area (Å²) in [6.07, 6.45) is 0. The van der Waals surface area contributed by atoms with Gasteiger partial charge in [-0.05, 0) is 44.0 Å². The molecule has 0 bridgehead atoms. The SMILES string of the molecule is Cc1ccc(NCc2cc(C)sc2C)c([N+](=O)[O-])c1. The molecule has 0 aliphatic rings. The Kier molecular flexibility index (Phi) is 3.85. The van der Waals surface area contributed by atoms with Gasteiger partial charge in [-0.3, -0.25) is 10.1 Å². The maximum absolute atomic E-state index is 11.0. The highest BCUT2D eigenvalue weighted by atomic mass is 32.1. The van der Waals surface area contributed by atoms with Gasteiger partial charge < -0.3 is 5.32 Å². The van der Waals surface area contributed by atoms with E-state index in [-0.39, 0.29) is 10.6 Å². The van der Waals surface area contributed by atoms with E-state index < -0.39 is 0 Å². The van der Waals surface area contributed by atoms with E-state index in [2.05, 4.69) is 25.2 Å². The Morgan fingerprint density at radius 1 is 1.26 bits per heavy atom. The standard InChI is InChI=1S/C14H16N2O2S/c1-9-4-5-13(14(6-9)16(17)18)15-8-12-7-10(2)19-11(12)3/h4-7,15H,8H2,1-3H3. The van der Waals surface area contributed by atoms with Crippen LogP contribution in [0.1, 0.15) is 20.9 Å². The third-order valence-electron chi connectivity index (χ3n) is 2.96. The van der Waals surface area contributed by atoms with Crippen molar-refractivity contribution in [3.05, 3.63) is 55.3 Å². The summed E-state index contributed by atoms with van der Waals surface area (Å²) >= 11 is 1.74. The minimum absolute atomic E-state index is 0.129. The van der Waals surface area contributed by atoms with Crippen LogP contribution >= 0.6 is 11.3 Å². The van der Waals surface area contributed by atoms with Gasteiger partial charge in [-0.2, -0.15) is 0 Å². The number of rotatable bonds is 4. The highest BCUT2D eigenvalue weighted by Crippen LogP contribution is 2.27. The zero-order chi connectivity index (χ0) is 14.0. The smallest absolute Gasteiger partial charge is 0.292 e. The molecule has 0 radical (unpaired) electrons. The van der Waals surface area contributed by atoms with Gasteiger partial charge in [-0.15, -0.1) is 11.3 Å². The van der Waals surface area contributed by atoms with Gasteiger partial charge in [0, 0.05) is 22.4 Å². The van der Waals surface area contributed by atoms with E-state index in [9.17, 15) is 10.1 Å². The maximum atomic E-state index is 11.0. The molecular formula is C14H16N2O2S. The Hall–Kier alpha value is -1.88. The number of aryl methyl sites for hydroxylation is 3. The zero-order valence-electron chi connectivity index (χ0n) is 11.2. The van der Waals surface area contributed by atoms with Crippen molar-refractivity contribution in [2.45, 2.75) is 27.3 Å². The number of hydrogen-bond acceptors (Lipinski definition) is 4. The summed E-state index contributed by atoms with van der Waals surface area (Å²) in [5.41, 5.74) is 2.78. The van der Waals surface area contributed by atoms with Crippen LogP contribution in [0.4, 0.5) is 11.4 Å². The number of nitrogens with zero attached hydrogens (tertiary/aromatic N) is 1. The second kappa shape index (κ2) is 5.40. The van der Waals surface area contributed by atoms with E-state index in [4.69, 9.17) is 0 Å². The van der Waals surface area contributed by atoms with E-state index in [1.165, 1.54) is 15.3 Å². The second-order valence-electron chi connectivity index (χ2n) is 4.57. The first-order valence-corrected chi connectivity index (χ1v) is 6.84. The molecule has 2 rings (SSSR count). The van der Waals surface area contributed by atoms with Crippen LogP contribution in [-0.2, 0) is 6.54 Å². The van der Waals surface area contributed by atoms with E-state index >= 15 is 0 Å². The highest BCUT2D eigenvalue weighted by Gasteiger charge is 2.13. The lowest BCUT2D eigenvalue weighted by molar-refractivity contribution is -0.384. The molecule has 0 unspecified atom stereocenters. The average Bonchev–Trinajstić information content (AvgIpc) is 2.66. The molecule has 0 saturated heterocycles. The molecule has 19 heavy (non-hydrogen) atoms. The Morgan fingerprint density at radius 2 is 2.00 bits per heavy atom. The third kappa shape index (κ3) is 3.12. The van der Waals surface area contributed by atoms with Gasteiger partial charge in [0.2, 0.25) is 0 Å². The van der Waals surface area contributed by atoms with Crippen molar-refractivity contribution in [1.29, 1.82) is 0 Å². The lowest BCUT2D eigenvalue weighted by atomic mass is 10.2. The summed E-state index contributed by atoms with van der Waals surface area (Å²) in [4.78, 5) is 13.2. The van der Waals surface area contributed by atoms with Gasteiger partial charge in [0.05, 0.1) is 4.92 Å². The molecule has 2 aromatic rings. The Morgan fingerprint density at radius 3 is 2.58 bits per heavy atom. The lowest BCUT2D eigenvalue weighted by Gasteiger charge is -2.07. The average molecular weight is 276 g/mol. The zero-order valence-corrected chi connectivity index (χ0v) is 12.0. The van der Waals surface area contributed by atoms with Crippen LogP contribution in [0.25, 0.3) is 0 Å². The molecule has 0 saturated carbocycles. The Balaban J connectivity index is 2.20. The maximum Gasteiger partial charge on any atom is 0.292 e. The molecule has 5 heteroatoms. The van der Waals surface area contributed by atoms with E-state index in [0.717, 1.165) is 5.56 Å². The summed E-state index contributed by atoms with van der Waals surface area (Å²) in [6.45, 7) is 6.59. The number of hydrogen-bond donors (Lipinski definition) is 1. The monoisotopic (exact) mass is 276 g/mol. The summed E-state index contributed by atoms with van der Waals surface area (Å²) < 4.78 is 0. The van der Waals surface area contributed by atoms with Crippen LogP contribution in [0.3, 0.4) is 0 Å². The van der Waals surface area contributed by atoms with Gasteiger partial charge in [-0.25, -0.2) is 0 Å². The number of anilines is 1. The summed E-state index contributed by atoms with van der Waals surface area (Å²) in [5, 5.41) is 14.2. The minimum Gasteiger partial charge on any atom is -0.375 e. The molecule has 0 atom stereocenters. The predicted molar refractivity (Wildman–Crippen MR) is 79.0 cm³/mol. The van der Waals surface area contributed by atoms with Crippen LogP contribution < -0.4 is 5.32 Å². The Labute approximate surface area is 116 Å². The molecule has 1 aromatic heterocycles. The molecule has 0 spiro atoms. The predicted octanol–water partition coefficient (Wildman–Crippen LogP) is 4.19. The lowest BCUT2D eigenvalue weighted by Crippen LogP contribution is -2.03. The molecule has 1 heterocycles. The fourth-order valence-electron chi connectivity index (χ4n) is 1.99. The van der Waals surface area contributed by atoms with E-state index in [0.29, 0.717) is 12.2 Å². The molecule has 0 aliphatic heterocycles. The Bertz CT molecular complexity index is 620. The van der Waals surface area contributed by atoms with Crippen molar-refractivity contribution < 1.29 is 4.92 Å². The van der Waals surface area contributed by atoms with Gasteiger partial charge >= 0.3 is 0 Å². The molecule has 1 N–H and O–H groups in total. The molecule has 100 valence electrons. The highest BCUT2D eigenvalue weighted by molar-refractivity contribution is 7.12. The first-order chi connectivity index (χ1) is 8.97. The summed E-state index contributed by atoms with van der Waals surface area (Å²) in [6, 6.07) is 7.35. The molecule has 0 fully saturated rings. The van der Waals surface area contributed by atoms with Crippen LogP contribution in [0.2, 0.25) is 0 Å². The van der Waals surface area contributed by atoms with Crippen molar-refractivity contribution in [1.82, 2.24) is 0 Å². The molecule has 4 nitrogen and oxygen atoms in total. The third-order valence-corrected chi connectivity index (χ3v) is 3.97. The quantitative estimate of drug-likeness (QED) is 0.672. The van der Waals surface area contributed by atoms with Gasteiger partial charge in [-0.1, -0.05) is 6.07 Å². The number of nitro benzene ring substituents is 1. The van der Waals surface area contributed by atoms with E-state index in [1.54, 1.807) is 23.5 Å². The summed E-state index contributed by atoms with van der Waals surface area (Å²) in [5.74, 6) is 0. The van der Waals surface area contributed by atoms with E-state index in [1.807, 2.05) is 13.0 Å². The van der Waals surface area contributed by atoms with Crippen LogP contribution in [0, 0.1) is 30.9 Å². The topological polar surface area (TPSA) is 55.2 Å².